The van der Waals surface area contributed by atoms with Crippen molar-refractivity contribution in [3.05, 3.63) is 58.9 Å². The summed E-state index contributed by atoms with van der Waals surface area (Å²) < 4.78 is 4.19. The van der Waals surface area contributed by atoms with Crippen molar-refractivity contribution in [2.75, 3.05) is 6.54 Å². The summed E-state index contributed by atoms with van der Waals surface area (Å²) in [5.41, 5.74) is 1.44. The van der Waals surface area contributed by atoms with Crippen LogP contribution in [0, 0.1) is 4.77 Å². The molecule has 0 bridgehead atoms. The molecule has 0 aliphatic heterocycles. The van der Waals surface area contributed by atoms with Crippen LogP contribution in [-0.4, -0.2) is 37.0 Å². The first-order chi connectivity index (χ1) is 11.7. The van der Waals surface area contributed by atoms with Crippen molar-refractivity contribution in [1.82, 2.24) is 29.9 Å². The average molecular weight is 342 g/mol. The first-order valence-electron chi connectivity index (χ1n) is 7.71. The fourth-order valence-corrected chi connectivity index (χ4v) is 2.69. The van der Waals surface area contributed by atoms with Gasteiger partial charge in [-0.15, -0.1) is 0 Å². The normalized spacial score (nSPS) is 10.7. The van der Waals surface area contributed by atoms with Gasteiger partial charge >= 0.3 is 0 Å². The van der Waals surface area contributed by atoms with Gasteiger partial charge < -0.3 is 9.88 Å². The SMILES string of the molecule is CCc1n[nH]c(=S)n1CCNC(=O)c1cccc(-n2cccn2)c1. The Balaban J connectivity index is 1.64. The van der Waals surface area contributed by atoms with Crippen LogP contribution in [0.25, 0.3) is 5.69 Å². The van der Waals surface area contributed by atoms with Crippen LogP contribution in [0.1, 0.15) is 23.1 Å². The molecular formula is C16H18N6OS. The number of carbonyl (C=O) groups excluding carboxylic acids is 1. The van der Waals surface area contributed by atoms with Crippen LogP contribution < -0.4 is 5.32 Å². The van der Waals surface area contributed by atoms with Gasteiger partial charge in [0.1, 0.15) is 5.82 Å². The van der Waals surface area contributed by atoms with E-state index in [2.05, 4.69) is 20.6 Å². The van der Waals surface area contributed by atoms with Gasteiger partial charge in [-0.05, 0) is 36.5 Å². The Labute approximate surface area is 144 Å². The Morgan fingerprint density at radius 1 is 1.38 bits per heavy atom. The van der Waals surface area contributed by atoms with Gasteiger partial charge in [-0.3, -0.25) is 9.89 Å². The number of amides is 1. The number of nitrogens with one attached hydrogen (secondary N) is 2. The molecule has 1 aromatic carbocycles. The number of carbonyl (C=O) groups is 1. The molecule has 0 saturated carbocycles. The third-order valence-electron chi connectivity index (χ3n) is 3.65. The number of rotatable bonds is 6. The first-order valence-corrected chi connectivity index (χ1v) is 8.12. The minimum Gasteiger partial charge on any atom is -0.350 e. The molecule has 0 radical (unpaired) electrons. The van der Waals surface area contributed by atoms with Crippen LogP contribution in [-0.2, 0) is 13.0 Å². The van der Waals surface area contributed by atoms with Crippen LogP contribution >= 0.6 is 12.2 Å². The van der Waals surface area contributed by atoms with E-state index in [1.807, 2.05) is 42.0 Å². The Kier molecular flexibility index (Phi) is 4.85. The van der Waals surface area contributed by atoms with Crippen LogP contribution in [0.2, 0.25) is 0 Å². The molecule has 0 unspecified atom stereocenters. The lowest BCUT2D eigenvalue weighted by Gasteiger charge is -2.09. The summed E-state index contributed by atoms with van der Waals surface area (Å²) in [6, 6.07) is 9.18. The van der Waals surface area contributed by atoms with Gasteiger partial charge in [-0.25, -0.2) is 4.68 Å². The Hall–Kier alpha value is -2.74. The number of hydrogen-bond donors (Lipinski definition) is 2. The Morgan fingerprint density at radius 2 is 2.25 bits per heavy atom. The topological polar surface area (TPSA) is 80.5 Å². The molecule has 2 N–H and O–H groups in total. The van der Waals surface area contributed by atoms with E-state index in [4.69, 9.17) is 12.2 Å². The monoisotopic (exact) mass is 342 g/mol. The smallest absolute Gasteiger partial charge is 0.251 e. The molecule has 0 atom stereocenters. The summed E-state index contributed by atoms with van der Waals surface area (Å²) in [7, 11) is 0. The standard InChI is InChI=1S/C16H18N6OS/c1-2-14-19-20-16(24)21(14)10-8-17-15(23)12-5-3-6-13(11-12)22-9-4-7-18-22/h3-7,9,11H,2,8,10H2,1H3,(H,17,23)(H,20,24). The minimum atomic E-state index is -0.128. The lowest BCUT2D eigenvalue weighted by Crippen LogP contribution is -2.27. The number of hydrogen-bond acceptors (Lipinski definition) is 4. The molecule has 0 spiro atoms. The summed E-state index contributed by atoms with van der Waals surface area (Å²) in [5, 5.41) is 14.0. The number of aromatic nitrogens is 5. The number of nitrogens with zero attached hydrogens (tertiary/aromatic N) is 4. The summed E-state index contributed by atoms with van der Waals surface area (Å²) in [4.78, 5) is 12.3. The second kappa shape index (κ2) is 7.22. The molecule has 0 aliphatic rings. The maximum absolute atomic E-state index is 12.3. The van der Waals surface area contributed by atoms with Gasteiger partial charge in [0.25, 0.3) is 5.91 Å². The molecule has 7 nitrogen and oxygen atoms in total. The van der Waals surface area contributed by atoms with E-state index in [0.717, 1.165) is 17.9 Å². The maximum Gasteiger partial charge on any atom is 0.251 e. The largest absolute Gasteiger partial charge is 0.350 e. The molecule has 0 aliphatic carbocycles. The molecule has 0 saturated heterocycles. The van der Waals surface area contributed by atoms with Crippen LogP contribution in [0.5, 0.6) is 0 Å². The van der Waals surface area contributed by atoms with Gasteiger partial charge in [0.05, 0.1) is 5.69 Å². The molecule has 0 fully saturated rings. The predicted octanol–water partition coefficient (Wildman–Crippen LogP) is 2.12. The highest BCUT2D eigenvalue weighted by Gasteiger charge is 2.08. The summed E-state index contributed by atoms with van der Waals surface area (Å²) in [6.07, 6.45) is 4.32. The van der Waals surface area contributed by atoms with E-state index in [9.17, 15) is 4.79 Å². The molecule has 2 aromatic heterocycles. The van der Waals surface area contributed by atoms with Crippen molar-refractivity contribution in [3.63, 3.8) is 0 Å². The van der Waals surface area contributed by atoms with Crippen molar-refractivity contribution < 1.29 is 4.79 Å². The molecule has 3 rings (SSSR count). The Morgan fingerprint density at radius 3 is 3.00 bits per heavy atom. The zero-order chi connectivity index (χ0) is 16.9. The molecule has 8 heteroatoms. The van der Waals surface area contributed by atoms with Crippen molar-refractivity contribution in [1.29, 1.82) is 0 Å². The summed E-state index contributed by atoms with van der Waals surface area (Å²) in [5.74, 6) is 0.756. The second-order valence-corrected chi connectivity index (χ2v) is 5.59. The maximum atomic E-state index is 12.3. The van der Waals surface area contributed by atoms with Crippen LogP contribution in [0.4, 0.5) is 0 Å². The fraction of sp³-hybridized carbons (Fsp3) is 0.250. The zero-order valence-corrected chi connectivity index (χ0v) is 14.1. The summed E-state index contributed by atoms with van der Waals surface area (Å²) >= 11 is 5.20. The van der Waals surface area contributed by atoms with Crippen LogP contribution in [0.3, 0.4) is 0 Å². The molecular weight excluding hydrogens is 324 g/mol. The average Bonchev–Trinajstić information content (AvgIpc) is 3.25. The predicted molar refractivity (Wildman–Crippen MR) is 92.7 cm³/mol. The highest BCUT2D eigenvalue weighted by atomic mass is 32.1. The molecule has 24 heavy (non-hydrogen) atoms. The van der Waals surface area contributed by atoms with Crippen molar-refractivity contribution in [2.45, 2.75) is 19.9 Å². The molecule has 3 aromatic rings. The van der Waals surface area contributed by atoms with Crippen molar-refractivity contribution in [2.24, 2.45) is 0 Å². The number of H-pyrrole nitrogens is 1. The van der Waals surface area contributed by atoms with Gasteiger partial charge in [-0.1, -0.05) is 13.0 Å². The minimum absolute atomic E-state index is 0.128. The molecule has 124 valence electrons. The van der Waals surface area contributed by atoms with Gasteiger partial charge in [-0.2, -0.15) is 10.2 Å². The van der Waals surface area contributed by atoms with E-state index in [1.54, 1.807) is 16.9 Å². The zero-order valence-electron chi connectivity index (χ0n) is 13.3. The second-order valence-electron chi connectivity index (χ2n) is 5.21. The quantitative estimate of drug-likeness (QED) is 0.673. The summed E-state index contributed by atoms with van der Waals surface area (Å²) in [6.45, 7) is 3.08. The van der Waals surface area contributed by atoms with E-state index in [-0.39, 0.29) is 5.91 Å². The van der Waals surface area contributed by atoms with Crippen molar-refractivity contribution >= 4 is 18.1 Å². The number of benzene rings is 1. The van der Waals surface area contributed by atoms with Gasteiger partial charge in [0.15, 0.2) is 4.77 Å². The number of aryl methyl sites for hydroxylation is 1. The van der Waals surface area contributed by atoms with E-state index >= 15 is 0 Å². The van der Waals surface area contributed by atoms with Crippen molar-refractivity contribution in [3.8, 4) is 5.69 Å². The lowest BCUT2D eigenvalue weighted by molar-refractivity contribution is 0.0952. The van der Waals surface area contributed by atoms with Gasteiger partial charge in [0, 0.05) is 37.5 Å². The van der Waals surface area contributed by atoms with Crippen LogP contribution in [0.15, 0.2) is 42.7 Å². The number of aromatic amines is 1. The van der Waals surface area contributed by atoms with E-state index in [1.165, 1.54) is 0 Å². The molecule has 2 heterocycles. The highest BCUT2D eigenvalue weighted by molar-refractivity contribution is 7.71. The van der Waals surface area contributed by atoms with E-state index < -0.39 is 0 Å². The highest BCUT2D eigenvalue weighted by Crippen LogP contribution is 2.09. The Bertz CT molecular complexity index is 880. The van der Waals surface area contributed by atoms with Gasteiger partial charge in [0.2, 0.25) is 0 Å². The molecule has 1 amide bonds. The third kappa shape index (κ3) is 3.43. The van der Waals surface area contributed by atoms with E-state index in [0.29, 0.717) is 23.4 Å². The third-order valence-corrected chi connectivity index (χ3v) is 3.96. The fourth-order valence-electron chi connectivity index (χ4n) is 2.45. The first kappa shape index (κ1) is 16.1. The lowest BCUT2D eigenvalue weighted by atomic mass is 10.2.